The van der Waals surface area contributed by atoms with Crippen molar-refractivity contribution in [3.8, 4) is 0 Å². The molecule has 0 bridgehead atoms. The zero-order valence-corrected chi connectivity index (χ0v) is 14.7. The van der Waals surface area contributed by atoms with Crippen LogP contribution < -0.4 is 10.2 Å². The van der Waals surface area contributed by atoms with Gasteiger partial charge in [0.1, 0.15) is 5.82 Å². The molecule has 1 aliphatic rings. The SMILES string of the molecule is CC(C)(C)NCC(=O)N1CCN(c2ccc3ccccc3n2)CC1. The highest BCUT2D eigenvalue weighted by Gasteiger charge is 2.22. The number of piperazine rings is 1. The molecule has 1 aromatic heterocycles. The van der Waals surface area contributed by atoms with Crippen LogP contribution in [0.2, 0.25) is 0 Å². The molecule has 3 rings (SSSR count). The van der Waals surface area contributed by atoms with Gasteiger partial charge in [0.2, 0.25) is 5.91 Å². The van der Waals surface area contributed by atoms with E-state index in [4.69, 9.17) is 4.98 Å². The largest absolute Gasteiger partial charge is 0.353 e. The minimum Gasteiger partial charge on any atom is -0.353 e. The summed E-state index contributed by atoms with van der Waals surface area (Å²) in [5, 5.41) is 4.42. The van der Waals surface area contributed by atoms with Crippen LogP contribution in [0.3, 0.4) is 0 Å². The Hall–Kier alpha value is -2.14. The molecule has 1 saturated heterocycles. The van der Waals surface area contributed by atoms with Crippen molar-refractivity contribution in [3.63, 3.8) is 0 Å². The van der Waals surface area contributed by atoms with Crippen LogP contribution in [0.5, 0.6) is 0 Å². The van der Waals surface area contributed by atoms with E-state index >= 15 is 0 Å². The number of fused-ring (bicyclic) bond motifs is 1. The van der Waals surface area contributed by atoms with Gasteiger partial charge in [-0.05, 0) is 39.0 Å². The number of aromatic nitrogens is 1. The second-order valence-corrected chi connectivity index (χ2v) is 7.33. The fourth-order valence-electron chi connectivity index (χ4n) is 2.87. The molecule has 128 valence electrons. The lowest BCUT2D eigenvalue weighted by Gasteiger charge is -2.36. The van der Waals surface area contributed by atoms with E-state index in [2.05, 4.69) is 49.2 Å². The van der Waals surface area contributed by atoms with Gasteiger partial charge in [0.05, 0.1) is 12.1 Å². The third-order valence-corrected chi connectivity index (χ3v) is 4.31. The maximum absolute atomic E-state index is 12.3. The van der Waals surface area contributed by atoms with Crippen molar-refractivity contribution in [2.24, 2.45) is 0 Å². The molecule has 2 heterocycles. The Kier molecular flexibility index (Phi) is 4.71. The van der Waals surface area contributed by atoms with Crippen molar-refractivity contribution in [2.45, 2.75) is 26.3 Å². The van der Waals surface area contributed by atoms with Crippen LogP contribution in [-0.2, 0) is 4.79 Å². The molecule has 1 amide bonds. The zero-order valence-electron chi connectivity index (χ0n) is 14.7. The highest BCUT2D eigenvalue weighted by Crippen LogP contribution is 2.19. The van der Waals surface area contributed by atoms with Crippen LogP contribution in [0.1, 0.15) is 20.8 Å². The lowest BCUT2D eigenvalue weighted by molar-refractivity contribution is -0.130. The Morgan fingerprint density at radius 3 is 2.50 bits per heavy atom. The van der Waals surface area contributed by atoms with Gasteiger partial charge in [-0.3, -0.25) is 4.79 Å². The predicted octanol–water partition coefficient (Wildman–Crippen LogP) is 2.27. The van der Waals surface area contributed by atoms with Gasteiger partial charge in [0.15, 0.2) is 0 Å². The Bertz CT molecular complexity index is 715. The van der Waals surface area contributed by atoms with Crippen LogP contribution in [0.25, 0.3) is 10.9 Å². The summed E-state index contributed by atoms with van der Waals surface area (Å²) >= 11 is 0. The number of carbonyl (C=O) groups is 1. The highest BCUT2D eigenvalue weighted by atomic mass is 16.2. The Morgan fingerprint density at radius 1 is 1.08 bits per heavy atom. The summed E-state index contributed by atoms with van der Waals surface area (Å²) < 4.78 is 0. The number of nitrogens with one attached hydrogen (secondary N) is 1. The van der Waals surface area contributed by atoms with E-state index in [1.54, 1.807) is 0 Å². The molecule has 0 spiro atoms. The first kappa shape index (κ1) is 16.7. The van der Waals surface area contributed by atoms with E-state index in [1.165, 1.54) is 0 Å². The third-order valence-electron chi connectivity index (χ3n) is 4.31. The summed E-state index contributed by atoms with van der Waals surface area (Å²) in [5.41, 5.74) is 0.981. The Morgan fingerprint density at radius 2 is 1.79 bits per heavy atom. The van der Waals surface area contributed by atoms with Crippen molar-refractivity contribution >= 4 is 22.6 Å². The molecular formula is C19H26N4O. The number of hydrogen-bond acceptors (Lipinski definition) is 4. The van der Waals surface area contributed by atoms with Crippen LogP contribution in [0, 0.1) is 0 Å². The summed E-state index contributed by atoms with van der Waals surface area (Å²) in [5.74, 6) is 1.17. The first-order valence-electron chi connectivity index (χ1n) is 8.56. The average molecular weight is 326 g/mol. The van der Waals surface area contributed by atoms with Crippen molar-refractivity contribution in [1.29, 1.82) is 0 Å². The van der Waals surface area contributed by atoms with Gasteiger partial charge in [0, 0.05) is 37.1 Å². The number of hydrogen-bond donors (Lipinski definition) is 1. The molecule has 5 nitrogen and oxygen atoms in total. The second-order valence-electron chi connectivity index (χ2n) is 7.33. The normalized spacial score (nSPS) is 15.8. The number of benzene rings is 1. The molecule has 1 fully saturated rings. The molecule has 0 aliphatic carbocycles. The Balaban J connectivity index is 1.59. The fourth-order valence-corrected chi connectivity index (χ4v) is 2.87. The van der Waals surface area contributed by atoms with Crippen LogP contribution in [0.4, 0.5) is 5.82 Å². The van der Waals surface area contributed by atoms with Gasteiger partial charge >= 0.3 is 0 Å². The molecule has 0 saturated carbocycles. The molecule has 24 heavy (non-hydrogen) atoms. The quantitative estimate of drug-likeness (QED) is 0.940. The number of carbonyl (C=O) groups excluding carboxylic acids is 1. The summed E-state index contributed by atoms with van der Waals surface area (Å²) in [6.45, 7) is 9.77. The number of nitrogens with zero attached hydrogens (tertiary/aromatic N) is 3. The van der Waals surface area contributed by atoms with Gasteiger partial charge in [-0.2, -0.15) is 0 Å². The number of para-hydroxylation sites is 1. The molecule has 0 radical (unpaired) electrons. The summed E-state index contributed by atoms with van der Waals surface area (Å²) in [7, 11) is 0. The number of rotatable bonds is 3. The minimum absolute atomic E-state index is 0.0352. The molecule has 1 aliphatic heterocycles. The van der Waals surface area contributed by atoms with E-state index < -0.39 is 0 Å². The standard InChI is InChI=1S/C19H26N4O/c1-19(2,3)20-14-18(24)23-12-10-22(11-13-23)17-9-8-15-6-4-5-7-16(15)21-17/h4-9,20H,10-14H2,1-3H3. The van der Waals surface area contributed by atoms with Crippen molar-refractivity contribution in [3.05, 3.63) is 36.4 Å². The maximum atomic E-state index is 12.3. The molecule has 0 atom stereocenters. The average Bonchev–Trinajstić information content (AvgIpc) is 2.59. The van der Waals surface area contributed by atoms with Gasteiger partial charge < -0.3 is 15.1 Å². The molecule has 1 aromatic carbocycles. The second kappa shape index (κ2) is 6.77. The summed E-state index contributed by atoms with van der Waals surface area (Å²) in [4.78, 5) is 21.2. The van der Waals surface area contributed by atoms with Crippen molar-refractivity contribution in [2.75, 3.05) is 37.6 Å². The van der Waals surface area contributed by atoms with Gasteiger partial charge in [-0.1, -0.05) is 18.2 Å². The minimum atomic E-state index is -0.0352. The van der Waals surface area contributed by atoms with E-state index in [0.29, 0.717) is 6.54 Å². The van der Waals surface area contributed by atoms with Crippen LogP contribution in [-0.4, -0.2) is 54.1 Å². The summed E-state index contributed by atoms with van der Waals surface area (Å²) in [6, 6.07) is 12.3. The maximum Gasteiger partial charge on any atom is 0.236 e. The summed E-state index contributed by atoms with van der Waals surface area (Å²) in [6.07, 6.45) is 0. The predicted molar refractivity (Wildman–Crippen MR) is 98.3 cm³/mol. The topological polar surface area (TPSA) is 48.5 Å². The van der Waals surface area contributed by atoms with E-state index in [1.807, 2.05) is 23.1 Å². The van der Waals surface area contributed by atoms with Crippen LogP contribution >= 0.6 is 0 Å². The number of pyridine rings is 1. The fraction of sp³-hybridized carbons (Fsp3) is 0.474. The first-order valence-corrected chi connectivity index (χ1v) is 8.56. The number of amides is 1. The van der Waals surface area contributed by atoms with E-state index in [0.717, 1.165) is 42.9 Å². The highest BCUT2D eigenvalue weighted by molar-refractivity contribution is 5.80. The van der Waals surface area contributed by atoms with E-state index in [-0.39, 0.29) is 11.4 Å². The van der Waals surface area contributed by atoms with Gasteiger partial charge in [0.25, 0.3) is 0 Å². The number of anilines is 1. The van der Waals surface area contributed by atoms with Crippen molar-refractivity contribution < 1.29 is 4.79 Å². The molecule has 5 heteroatoms. The van der Waals surface area contributed by atoms with Gasteiger partial charge in [-0.15, -0.1) is 0 Å². The molecule has 2 aromatic rings. The smallest absolute Gasteiger partial charge is 0.236 e. The van der Waals surface area contributed by atoms with Gasteiger partial charge in [-0.25, -0.2) is 4.98 Å². The lowest BCUT2D eigenvalue weighted by atomic mass is 10.1. The van der Waals surface area contributed by atoms with Crippen LogP contribution in [0.15, 0.2) is 36.4 Å². The molecule has 0 unspecified atom stereocenters. The first-order chi connectivity index (χ1) is 11.4. The van der Waals surface area contributed by atoms with E-state index in [9.17, 15) is 4.79 Å². The molecular weight excluding hydrogens is 300 g/mol. The lowest BCUT2D eigenvalue weighted by Crippen LogP contribution is -2.52. The monoisotopic (exact) mass is 326 g/mol. The van der Waals surface area contributed by atoms with Crippen molar-refractivity contribution in [1.82, 2.24) is 15.2 Å². The third kappa shape index (κ3) is 4.03. The zero-order chi connectivity index (χ0) is 17.2. The Labute approximate surface area is 143 Å². The molecule has 1 N–H and O–H groups in total.